The summed E-state index contributed by atoms with van der Waals surface area (Å²) in [4.78, 5) is 8.54. The molecule has 0 bridgehead atoms. The van der Waals surface area contributed by atoms with Crippen LogP contribution in [0.3, 0.4) is 0 Å². The molecule has 1 N–H and O–H groups in total. The molecular formula is C12H15N3S. The summed E-state index contributed by atoms with van der Waals surface area (Å²) in [5.74, 6) is 1.99. The normalized spacial score (nSPS) is 12.6. The molecular weight excluding hydrogens is 218 g/mol. The first-order chi connectivity index (χ1) is 7.81. The summed E-state index contributed by atoms with van der Waals surface area (Å²) in [6.07, 6.45) is 3.72. The predicted molar refractivity (Wildman–Crippen MR) is 71.0 cm³/mol. The first-order valence-corrected chi connectivity index (χ1v) is 6.66. The van der Waals surface area contributed by atoms with Crippen molar-refractivity contribution in [2.45, 2.75) is 13.0 Å². The number of rotatable bonds is 4. The fraction of sp³-hybridized carbons (Fsp3) is 0.333. The Morgan fingerprint density at radius 3 is 2.94 bits per heavy atom. The molecule has 0 radical (unpaired) electrons. The smallest absolute Gasteiger partial charge is 0.137 e. The average Bonchev–Trinajstić information content (AvgIpc) is 2.30. The van der Waals surface area contributed by atoms with Crippen LogP contribution in [-0.4, -0.2) is 28.0 Å². The van der Waals surface area contributed by atoms with E-state index < -0.39 is 0 Å². The Morgan fingerprint density at radius 2 is 2.12 bits per heavy atom. The van der Waals surface area contributed by atoms with Crippen molar-refractivity contribution < 1.29 is 0 Å². The third-order valence-electron chi connectivity index (χ3n) is 2.34. The lowest BCUT2D eigenvalue weighted by atomic mass is 10.2. The fourth-order valence-corrected chi connectivity index (χ4v) is 2.23. The van der Waals surface area contributed by atoms with Crippen LogP contribution in [0.25, 0.3) is 10.9 Å². The number of para-hydroxylation sites is 1. The van der Waals surface area contributed by atoms with Crippen LogP contribution in [-0.2, 0) is 0 Å². The molecule has 0 spiro atoms. The molecule has 0 fully saturated rings. The van der Waals surface area contributed by atoms with Crippen molar-refractivity contribution in [2.24, 2.45) is 0 Å². The van der Waals surface area contributed by atoms with Gasteiger partial charge in [0.25, 0.3) is 0 Å². The van der Waals surface area contributed by atoms with Crippen LogP contribution >= 0.6 is 11.8 Å². The summed E-state index contributed by atoms with van der Waals surface area (Å²) in [6.45, 7) is 2.16. The van der Waals surface area contributed by atoms with E-state index in [2.05, 4.69) is 28.5 Å². The van der Waals surface area contributed by atoms with Gasteiger partial charge in [0, 0.05) is 17.2 Å². The van der Waals surface area contributed by atoms with Crippen molar-refractivity contribution in [2.75, 3.05) is 17.3 Å². The molecule has 84 valence electrons. The van der Waals surface area contributed by atoms with Gasteiger partial charge in [0.2, 0.25) is 0 Å². The van der Waals surface area contributed by atoms with Gasteiger partial charge in [0.05, 0.1) is 5.52 Å². The highest BCUT2D eigenvalue weighted by Crippen LogP contribution is 2.19. The Kier molecular flexibility index (Phi) is 3.62. The van der Waals surface area contributed by atoms with Crippen molar-refractivity contribution in [3.05, 3.63) is 30.6 Å². The molecule has 16 heavy (non-hydrogen) atoms. The van der Waals surface area contributed by atoms with Gasteiger partial charge < -0.3 is 5.32 Å². The van der Waals surface area contributed by atoms with Crippen molar-refractivity contribution in [3.63, 3.8) is 0 Å². The number of hydrogen-bond acceptors (Lipinski definition) is 4. The van der Waals surface area contributed by atoms with Crippen LogP contribution < -0.4 is 5.32 Å². The summed E-state index contributed by atoms with van der Waals surface area (Å²) >= 11 is 1.83. The molecule has 0 aliphatic rings. The molecule has 0 saturated heterocycles. The first-order valence-electron chi connectivity index (χ1n) is 5.26. The molecule has 1 unspecified atom stereocenters. The van der Waals surface area contributed by atoms with Crippen LogP contribution in [0.2, 0.25) is 0 Å². The summed E-state index contributed by atoms with van der Waals surface area (Å²) in [5.41, 5.74) is 0.983. The number of fused-ring (bicyclic) bond motifs is 1. The van der Waals surface area contributed by atoms with Crippen molar-refractivity contribution in [3.8, 4) is 0 Å². The minimum absolute atomic E-state index is 0.410. The fourth-order valence-electron chi connectivity index (χ4n) is 1.64. The molecule has 0 aliphatic carbocycles. The van der Waals surface area contributed by atoms with Gasteiger partial charge in [-0.3, -0.25) is 0 Å². The van der Waals surface area contributed by atoms with Gasteiger partial charge in [-0.2, -0.15) is 11.8 Å². The standard InChI is InChI=1S/C12H15N3S/c1-9(7-16-2)15-12-10-5-3-4-6-11(10)13-8-14-12/h3-6,8-9H,7H2,1-2H3,(H,13,14,15). The van der Waals surface area contributed by atoms with Crippen LogP contribution in [0.5, 0.6) is 0 Å². The molecule has 1 atom stereocenters. The van der Waals surface area contributed by atoms with Crippen LogP contribution in [0.15, 0.2) is 30.6 Å². The molecule has 1 aromatic heterocycles. The van der Waals surface area contributed by atoms with E-state index in [1.165, 1.54) is 0 Å². The number of nitrogens with one attached hydrogen (secondary N) is 1. The quantitative estimate of drug-likeness (QED) is 0.881. The topological polar surface area (TPSA) is 37.8 Å². The highest BCUT2D eigenvalue weighted by molar-refractivity contribution is 7.98. The zero-order chi connectivity index (χ0) is 11.4. The van der Waals surface area contributed by atoms with Gasteiger partial charge in [0.1, 0.15) is 12.1 Å². The Balaban J connectivity index is 2.30. The Morgan fingerprint density at radius 1 is 1.31 bits per heavy atom. The van der Waals surface area contributed by atoms with Crippen molar-refractivity contribution in [1.82, 2.24) is 9.97 Å². The minimum atomic E-state index is 0.410. The zero-order valence-corrected chi connectivity index (χ0v) is 10.3. The molecule has 2 aromatic rings. The molecule has 0 amide bonds. The van der Waals surface area contributed by atoms with E-state index in [1.807, 2.05) is 36.0 Å². The number of nitrogens with zero attached hydrogens (tertiary/aromatic N) is 2. The number of anilines is 1. The second kappa shape index (κ2) is 5.16. The zero-order valence-electron chi connectivity index (χ0n) is 9.47. The summed E-state index contributed by atoms with van der Waals surface area (Å²) in [6, 6.07) is 8.46. The van der Waals surface area contributed by atoms with E-state index in [0.717, 1.165) is 22.5 Å². The average molecular weight is 233 g/mol. The Hall–Kier alpha value is -1.29. The molecule has 0 aliphatic heterocycles. The molecule has 4 heteroatoms. The number of hydrogen-bond donors (Lipinski definition) is 1. The third-order valence-corrected chi connectivity index (χ3v) is 3.18. The minimum Gasteiger partial charge on any atom is -0.366 e. The van der Waals surface area contributed by atoms with E-state index in [1.54, 1.807) is 6.33 Å². The lowest BCUT2D eigenvalue weighted by Gasteiger charge is -2.14. The van der Waals surface area contributed by atoms with E-state index in [4.69, 9.17) is 0 Å². The number of aromatic nitrogens is 2. The third kappa shape index (κ3) is 2.44. The van der Waals surface area contributed by atoms with Crippen LogP contribution in [0, 0.1) is 0 Å². The van der Waals surface area contributed by atoms with Gasteiger partial charge in [-0.05, 0) is 25.3 Å². The van der Waals surface area contributed by atoms with E-state index >= 15 is 0 Å². The van der Waals surface area contributed by atoms with Crippen molar-refractivity contribution in [1.29, 1.82) is 0 Å². The van der Waals surface area contributed by atoms with Crippen LogP contribution in [0.1, 0.15) is 6.92 Å². The first kappa shape index (κ1) is 11.2. The lowest BCUT2D eigenvalue weighted by molar-refractivity contribution is 0.904. The van der Waals surface area contributed by atoms with Crippen LogP contribution in [0.4, 0.5) is 5.82 Å². The largest absolute Gasteiger partial charge is 0.366 e. The highest BCUT2D eigenvalue weighted by atomic mass is 32.2. The highest BCUT2D eigenvalue weighted by Gasteiger charge is 2.05. The van der Waals surface area contributed by atoms with E-state index in [0.29, 0.717) is 6.04 Å². The molecule has 1 heterocycles. The molecule has 3 nitrogen and oxygen atoms in total. The summed E-state index contributed by atoms with van der Waals surface area (Å²) < 4.78 is 0. The maximum atomic E-state index is 4.30. The monoisotopic (exact) mass is 233 g/mol. The maximum absolute atomic E-state index is 4.30. The van der Waals surface area contributed by atoms with Gasteiger partial charge >= 0.3 is 0 Å². The molecule has 0 saturated carbocycles. The lowest BCUT2D eigenvalue weighted by Crippen LogP contribution is -2.18. The maximum Gasteiger partial charge on any atom is 0.137 e. The second-order valence-electron chi connectivity index (χ2n) is 3.74. The van der Waals surface area contributed by atoms with Gasteiger partial charge in [0.15, 0.2) is 0 Å². The predicted octanol–water partition coefficient (Wildman–Crippen LogP) is 2.79. The molecule has 2 rings (SSSR count). The summed E-state index contributed by atoms with van der Waals surface area (Å²) in [5, 5.41) is 4.50. The summed E-state index contributed by atoms with van der Waals surface area (Å²) in [7, 11) is 0. The van der Waals surface area contributed by atoms with E-state index in [-0.39, 0.29) is 0 Å². The van der Waals surface area contributed by atoms with Gasteiger partial charge in [-0.15, -0.1) is 0 Å². The van der Waals surface area contributed by atoms with E-state index in [9.17, 15) is 0 Å². The Labute approximate surface area is 99.7 Å². The molecule has 1 aromatic carbocycles. The van der Waals surface area contributed by atoms with Crippen molar-refractivity contribution >= 4 is 28.5 Å². The second-order valence-corrected chi connectivity index (χ2v) is 4.65. The SMILES string of the molecule is CSCC(C)Nc1ncnc2ccccc12. The number of benzene rings is 1. The number of thioether (sulfide) groups is 1. The van der Waals surface area contributed by atoms with Gasteiger partial charge in [-0.1, -0.05) is 12.1 Å². The van der Waals surface area contributed by atoms with Gasteiger partial charge in [-0.25, -0.2) is 9.97 Å². The Bertz CT molecular complexity index is 467.